The maximum absolute atomic E-state index is 12.5. The van der Waals surface area contributed by atoms with E-state index in [0.29, 0.717) is 4.47 Å². The van der Waals surface area contributed by atoms with Gasteiger partial charge in [0.15, 0.2) is 5.03 Å². The number of hydrogen-bond donors (Lipinski definition) is 0. The van der Waals surface area contributed by atoms with Gasteiger partial charge in [-0.3, -0.25) is 0 Å². The molecule has 0 amide bonds. The highest BCUT2D eigenvalue weighted by Crippen LogP contribution is 2.31. The van der Waals surface area contributed by atoms with Crippen LogP contribution in [-0.2, 0) is 9.05 Å². The summed E-state index contributed by atoms with van der Waals surface area (Å²) in [4.78, 5) is 3.51. The van der Waals surface area contributed by atoms with Crippen molar-refractivity contribution in [3.8, 4) is 0 Å². The number of aromatic nitrogens is 1. The molecule has 0 saturated carbocycles. The highest BCUT2D eigenvalue weighted by atomic mass is 127. The highest BCUT2D eigenvalue weighted by Gasteiger charge is 2.25. The van der Waals surface area contributed by atoms with Gasteiger partial charge in [-0.25, -0.2) is 22.2 Å². The Labute approximate surface area is 111 Å². The minimum absolute atomic E-state index is 0.247. The van der Waals surface area contributed by atoms with E-state index in [-0.39, 0.29) is 3.70 Å². The van der Waals surface area contributed by atoms with E-state index < -0.39 is 26.1 Å². The zero-order valence-corrected chi connectivity index (χ0v) is 12.0. The van der Waals surface area contributed by atoms with Crippen LogP contribution in [-0.4, -0.2) is 13.4 Å². The fraction of sp³-hybridized carbons (Fsp3) is 0.167. The van der Waals surface area contributed by atoms with E-state index >= 15 is 0 Å². The maximum Gasteiger partial charge on any atom is 0.279 e. The van der Waals surface area contributed by atoms with Gasteiger partial charge in [0, 0.05) is 10.7 Å². The first-order valence-electron chi connectivity index (χ1n) is 3.32. The second kappa shape index (κ2) is 4.76. The van der Waals surface area contributed by atoms with Gasteiger partial charge in [0.2, 0.25) is 0 Å². The molecule has 1 aromatic heterocycles. The first-order valence-corrected chi connectivity index (χ1v) is 7.50. The Kier molecular flexibility index (Phi) is 4.29. The molecule has 0 atom stereocenters. The molecular formula is C6H2BrClF2INO2S. The molecule has 0 saturated heterocycles. The average Bonchev–Trinajstić information content (AvgIpc) is 2.06. The lowest BCUT2D eigenvalue weighted by atomic mass is 10.3. The van der Waals surface area contributed by atoms with Gasteiger partial charge >= 0.3 is 0 Å². The van der Waals surface area contributed by atoms with Gasteiger partial charge in [-0.1, -0.05) is 0 Å². The molecule has 84 valence electrons. The topological polar surface area (TPSA) is 47.0 Å². The van der Waals surface area contributed by atoms with Crippen molar-refractivity contribution in [3.05, 3.63) is 19.8 Å². The van der Waals surface area contributed by atoms with Crippen molar-refractivity contribution in [3.63, 3.8) is 0 Å². The summed E-state index contributed by atoms with van der Waals surface area (Å²) in [6.45, 7) is 0. The summed E-state index contributed by atoms with van der Waals surface area (Å²) >= 11 is 4.68. The molecule has 0 aliphatic rings. The first kappa shape index (κ1) is 13.5. The van der Waals surface area contributed by atoms with E-state index in [1.54, 1.807) is 22.6 Å². The van der Waals surface area contributed by atoms with E-state index in [0.717, 1.165) is 6.07 Å². The van der Waals surface area contributed by atoms with Gasteiger partial charge in [-0.15, -0.1) is 0 Å². The molecule has 3 nitrogen and oxygen atoms in total. The molecule has 0 spiro atoms. The van der Waals surface area contributed by atoms with Crippen LogP contribution in [0, 0.1) is 3.70 Å². The van der Waals surface area contributed by atoms with Crippen molar-refractivity contribution in [2.75, 3.05) is 0 Å². The predicted octanol–water partition coefficient (Wildman–Crippen LogP) is 3.31. The van der Waals surface area contributed by atoms with Gasteiger partial charge in [0.05, 0.1) is 10.0 Å². The molecule has 0 aliphatic carbocycles. The van der Waals surface area contributed by atoms with Crippen LogP contribution in [0.4, 0.5) is 8.78 Å². The molecule has 1 aromatic rings. The smallest absolute Gasteiger partial charge is 0.227 e. The number of nitrogens with zero attached hydrogens (tertiary/aromatic N) is 1. The summed E-state index contributed by atoms with van der Waals surface area (Å²) < 4.78 is 47.5. The number of pyridine rings is 1. The van der Waals surface area contributed by atoms with Crippen LogP contribution < -0.4 is 0 Å². The maximum atomic E-state index is 12.5. The van der Waals surface area contributed by atoms with Crippen molar-refractivity contribution in [2.24, 2.45) is 0 Å². The molecule has 0 N–H and O–H groups in total. The summed E-state index contributed by atoms with van der Waals surface area (Å²) in [6.07, 6.45) is -2.95. The average molecular weight is 432 g/mol. The summed E-state index contributed by atoms with van der Waals surface area (Å²) in [5.41, 5.74) is -0.711. The molecule has 0 bridgehead atoms. The minimum Gasteiger partial charge on any atom is -0.227 e. The van der Waals surface area contributed by atoms with E-state index in [9.17, 15) is 17.2 Å². The zero-order chi connectivity index (χ0) is 11.8. The summed E-state index contributed by atoms with van der Waals surface area (Å²) in [5, 5.41) is -0.799. The molecule has 0 fully saturated rings. The highest BCUT2D eigenvalue weighted by molar-refractivity contribution is 14.1. The molecule has 0 aromatic carbocycles. The number of hydrogen-bond acceptors (Lipinski definition) is 3. The Morgan fingerprint density at radius 2 is 2.07 bits per heavy atom. The monoisotopic (exact) mass is 431 g/mol. The van der Waals surface area contributed by atoms with Crippen LogP contribution in [0.1, 0.15) is 12.0 Å². The quantitative estimate of drug-likeness (QED) is 0.409. The van der Waals surface area contributed by atoms with Gasteiger partial charge in [-0.05, 0) is 44.6 Å². The van der Waals surface area contributed by atoms with Crippen LogP contribution in [0.25, 0.3) is 0 Å². The van der Waals surface area contributed by atoms with Crippen LogP contribution in [0.15, 0.2) is 15.6 Å². The lowest BCUT2D eigenvalue weighted by Crippen LogP contribution is -2.04. The first-order chi connectivity index (χ1) is 6.73. The lowest BCUT2D eigenvalue weighted by Gasteiger charge is -2.06. The van der Waals surface area contributed by atoms with Gasteiger partial charge in [0.1, 0.15) is 3.70 Å². The lowest BCUT2D eigenvalue weighted by molar-refractivity contribution is 0.147. The van der Waals surface area contributed by atoms with Crippen molar-refractivity contribution >= 4 is 58.3 Å². The van der Waals surface area contributed by atoms with Gasteiger partial charge in [-0.2, -0.15) is 0 Å². The standard InChI is InChI=1S/C6H2BrClF2INO2S/c7-3-1-2(4(9)10)6(12-5(3)11)15(8,13)14/h1,4H. The Morgan fingerprint density at radius 1 is 1.53 bits per heavy atom. The van der Waals surface area contributed by atoms with Gasteiger partial charge < -0.3 is 0 Å². The van der Waals surface area contributed by atoms with Crippen LogP contribution in [0.5, 0.6) is 0 Å². The van der Waals surface area contributed by atoms with Crippen LogP contribution in [0.2, 0.25) is 0 Å². The third-order valence-corrected chi connectivity index (χ3v) is 4.79. The Bertz CT molecular complexity index is 496. The molecule has 9 heteroatoms. The molecule has 15 heavy (non-hydrogen) atoms. The molecule has 1 rings (SSSR count). The zero-order valence-electron chi connectivity index (χ0n) is 6.72. The van der Waals surface area contributed by atoms with Crippen molar-refractivity contribution in [2.45, 2.75) is 11.5 Å². The van der Waals surface area contributed by atoms with E-state index in [1.807, 2.05) is 0 Å². The van der Waals surface area contributed by atoms with Crippen molar-refractivity contribution < 1.29 is 17.2 Å². The van der Waals surface area contributed by atoms with Crippen molar-refractivity contribution in [1.82, 2.24) is 4.98 Å². The fourth-order valence-corrected chi connectivity index (χ4v) is 2.71. The van der Waals surface area contributed by atoms with Crippen molar-refractivity contribution in [1.29, 1.82) is 0 Å². The Morgan fingerprint density at radius 3 is 2.47 bits per heavy atom. The van der Waals surface area contributed by atoms with Gasteiger partial charge in [0.25, 0.3) is 15.5 Å². The Balaban J connectivity index is 3.56. The van der Waals surface area contributed by atoms with E-state index in [4.69, 9.17) is 10.7 Å². The Hall–Kier alpha value is 0.460. The number of rotatable bonds is 2. The van der Waals surface area contributed by atoms with E-state index in [2.05, 4.69) is 20.9 Å². The van der Waals surface area contributed by atoms with Crippen LogP contribution in [0.3, 0.4) is 0 Å². The molecule has 0 aliphatic heterocycles. The third-order valence-electron chi connectivity index (χ3n) is 1.39. The third kappa shape index (κ3) is 3.21. The summed E-state index contributed by atoms with van der Waals surface area (Å²) in [7, 11) is 0.728. The molecule has 0 radical (unpaired) electrons. The SMILES string of the molecule is O=S(=O)(Cl)c1nc(I)c(Br)cc1C(F)F. The predicted molar refractivity (Wildman–Crippen MR) is 62.6 cm³/mol. The minimum atomic E-state index is -4.26. The number of halogens is 5. The summed E-state index contributed by atoms with van der Waals surface area (Å²) in [5.74, 6) is 0. The molecule has 0 unspecified atom stereocenters. The van der Waals surface area contributed by atoms with E-state index in [1.165, 1.54) is 0 Å². The largest absolute Gasteiger partial charge is 0.279 e. The number of alkyl halides is 2. The molecular weight excluding hydrogens is 430 g/mol. The molecule has 1 heterocycles. The second-order valence-electron chi connectivity index (χ2n) is 2.39. The fourth-order valence-electron chi connectivity index (χ4n) is 0.817. The summed E-state index contributed by atoms with van der Waals surface area (Å²) in [6, 6.07) is 0.995. The normalized spacial score (nSPS) is 12.1. The second-order valence-corrected chi connectivity index (χ2v) is 6.75. The van der Waals surface area contributed by atoms with Crippen LogP contribution >= 0.6 is 49.2 Å².